The molecular weight excluding hydrogens is 388 g/mol. The number of nitrogens with one attached hydrogen (secondary N) is 2. The standard InChI is InChI=1S/C25H20N4O2/c1-31-22-10-4-7-19(13-22)23-16-27-24(29-23)20-8-3-6-18(12-20)15-28-25(30)21-9-2-5-17(11-21)14-26/h2-13,16H,15H2,1H3,(H,27,29)(H,28,30). The number of methoxy groups -OCH3 is 1. The highest BCUT2D eigenvalue weighted by Crippen LogP contribution is 2.25. The van der Waals surface area contributed by atoms with Gasteiger partial charge in [-0.15, -0.1) is 0 Å². The van der Waals surface area contributed by atoms with Crippen LogP contribution in [0.4, 0.5) is 0 Å². The van der Waals surface area contributed by atoms with Crippen LogP contribution in [-0.2, 0) is 6.54 Å². The van der Waals surface area contributed by atoms with Crippen LogP contribution < -0.4 is 10.1 Å². The van der Waals surface area contributed by atoms with Crippen molar-refractivity contribution in [3.05, 3.63) is 95.7 Å². The maximum Gasteiger partial charge on any atom is 0.251 e. The first-order valence-corrected chi connectivity index (χ1v) is 9.73. The van der Waals surface area contributed by atoms with Crippen molar-refractivity contribution in [2.45, 2.75) is 6.54 Å². The Balaban J connectivity index is 1.48. The highest BCUT2D eigenvalue weighted by atomic mass is 16.5. The fourth-order valence-electron chi connectivity index (χ4n) is 3.25. The van der Waals surface area contributed by atoms with E-state index in [0.717, 1.165) is 34.0 Å². The average Bonchev–Trinajstić information content (AvgIpc) is 3.33. The molecule has 0 radical (unpaired) electrons. The van der Waals surface area contributed by atoms with Gasteiger partial charge in [0.2, 0.25) is 0 Å². The second-order valence-corrected chi connectivity index (χ2v) is 6.95. The predicted octanol–water partition coefficient (Wildman–Crippen LogP) is 4.55. The summed E-state index contributed by atoms with van der Waals surface area (Å²) in [4.78, 5) is 20.3. The van der Waals surface area contributed by atoms with Gasteiger partial charge in [0, 0.05) is 23.2 Å². The van der Waals surface area contributed by atoms with Crippen LogP contribution >= 0.6 is 0 Å². The van der Waals surface area contributed by atoms with Crippen LogP contribution in [0.15, 0.2) is 79.0 Å². The third kappa shape index (κ3) is 4.62. The maximum atomic E-state index is 12.4. The van der Waals surface area contributed by atoms with E-state index in [1.54, 1.807) is 37.6 Å². The molecule has 2 N–H and O–H groups in total. The summed E-state index contributed by atoms with van der Waals surface area (Å²) in [5.41, 5.74) is 4.67. The first-order valence-electron chi connectivity index (χ1n) is 9.73. The molecule has 0 aliphatic carbocycles. The van der Waals surface area contributed by atoms with Gasteiger partial charge in [-0.05, 0) is 42.0 Å². The predicted molar refractivity (Wildman–Crippen MR) is 118 cm³/mol. The van der Waals surface area contributed by atoms with Crippen molar-refractivity contribution in [3.8, 4) is 34.5 Å². The van der Waals surface area contributed by atoms with Gasteiger partial charge in [0.05, 0.1) is 30.6 Å². The van der Waals surface area contributed by atoms with Gasteiger partial charge in [-0.25, -0.2) is 4.98 Å². The number of nitrogens with zero attached hydrogens (tertiary/aromatic N) is 2. The smallest absolute Gasteiger partial charge is 0.251 e. The van der Waals surface area contributed by atoms with Crippen LogP contribution in [0.1, 0.15) is 21.5 Å². The van der Waals surface area contributed by atoms with E-state index in [2.05, 4.69) is 15.3 Å². The summed E-state index contributed by atoms with van der Waals surface area (Å²) in [6.07, 6.45) is 1.79. The zero-order valence-corrected chi connectivity index (χ0v) is 16.9. The fourth-order valence-corrected chi connectivity index (χ4v) is 3.25. The van der Waals surface area contributed by atoms with Crippen molar-refractivity contribution in [1.82, 2.24) is 15.3 Å². The number of aromatic nitrogens is 2. The second kappa shape index (κ2) is 8.97. The summed E-state index contributed by atoms with van der Waals surface area (Å²) in [6.45, 7) is 0.368. The number of hydrogen-bond donors (Lipinski definition) is 2. The summed E-state index contributed by atoms with van der Waals surface area (Å²) >= 11 is 0. The number of ether oxygens (including phenoxy) is 1. The van der Waals surface area contributed by atoms with Gasteiger partial charge in [-0.1, -0.05) is 36.4 Å². The van der Waals surface area contributed by atoms with E-state index in [-0.39, 0.29) is 5.91 Å². The maximum absolute atomic E-state index is 12.4. The lowest BCUT2D eigenvalue weighted by Crippen LogP contribution is -2.22. The zero-order chi connectivity index (χ0) is 21.6. The first kappa shape index (κ1) is 19.9. The Hall–Kier alpha value is -4.37. The highest BCUT2D eigenvalue weighted by molar-refractivity contribution is 5.94. The summed E-state index contributed by atoms with van der Waals surface area (Å²) in [5.74, 6) is 1.31. The molecule has 1 amide bonds. The molecule has 0 fully saturated rings. The monoisotopic (exact) mass is 408 g/mol. The molecule has 0 aliphatic heterocycles. The van der Waals surface area contributed by atoms with Gasteiger partial charge in [0.1, 0.15) is 11.6 Å². The van der Waals surface area contributed by atoms with Gasteiger partial charge in [-0.2, -0.15) is 5.26 Å². The molecule has 152 valence electrons. The minimum absolute atomic E-state index is 0.221. The van der Waals surface area contributed by atoms with Gasteiger partial charge in [0.15, 0.2) is 0 Å². The number of hydrogen-bond acceptors (Lipinski definition) is 4. The number of nitriles is 1. The highest BCUT2D eigenvalue weighted by Gasteiger charge is 2.09. The molecule has 0 aliphatic rings. The van der Waals surface area contributed by atoms with Gasteiger partial charge in [-0.3, -0.25) is 4.79 Å². The number of H-pyrrole nitrogens is 1. The largest absolute Gasteiger partial charge is 0.497 e. The Labute approximate surface area is 180 Å². The fraction of sp³-hybridized carbons (Fsp3) is 0.0800. The third-order valence-electron chi connectivity index (χ3n) is 4.86. The van der Waals surface area contributed by atoms with E-state index in [1.165, 1.54) is 0 Å². The van der Waals surface area contributed by atoms with Gasteiger partial charge in [0.25, 0.3) is 5.91 Å². The normalized spacial score (nSPS) is 10.3. The number of aromatic amines is 1. The lowest BCUT2D eigenvalue weighted by molar-refractivity contribution is 0.0951. The zero-order valence-electron chi connectivity index (χ0n) is 16.9. The molecule has 0 spiro atoms. The SMILES string of the molecule is COc1cccc(-c2cnc(-c3cccc(CNC(=O)c4cccc(C#N)c4)c3)[nH]2)c1. The molecular formula is C25H20N4O2. The van der Waals surface area contributed by atoms with Crippen LogP contribution in [0.3, 0.4) is 0 Å². The van der Waals surface area contributed by atoms with Crippen LogP contribution in [0.2, 0.25) is 0 Å². The van der Waals surface area contributed by atoms with Crippen molar-refractivity contribution in [3.63, 3.8) is 0 Å². The van der Waals surface area contributed by atoms with Crippen molar-refractivity contribution in [2.24, 2.45) is 0 Å². The average molecular weight is 408 g/mol. The van der Waals surface area contributed by atoms with Crippen molar-refractivity contribution >= 4 is 5.91 Å². The lowest BCUT2D eigenvalue weighted by Gasteiger charge is -2.07. The second-order valence-electron chi connectivity index (χ2n) is 6.95. The molecule has 1 aromatic heterocycles. The first-order chi connectivity index (χ1) is 15.2. The van der Waals surface area contributed by atoms with E-state index >= 15 is 0 Å². The lowest BCUT2D eigenvalue weighted by atomic mass is 10.1. The van der Waals surface area contributed by atoms with E-state index in [9.17, 15) is 4.79 Å². The molecule has 6 nitrogen and oxygen atoms in total. The van der Waals surface area contributed by atoms with Gasteiger partial charge >= 0.3 is 0 Å². The molecule has 3 aromatic carbocycles. The summed E-state index contributed by atoms with van der Waals surface area (Å²) in [5, 5.41) is 11.9. The molecule has 4 aromatic rings. The number of carbonyl (C=O) groups excluding carboxylic acids is 1. The Morgan fingerprint density at radius 1 is 1.06 bits per heavy atom. The van der Waals surface area contributed by atoms with Crippen molar-refractivity contribution < 1.29 is 9.53 Å². The van der Waals surface area contributed by atoms with E-state index in [0.29, 0.717) is 17.7 Å². The Morgan fingerprint density at radius 3 is 2.71 bits per heavy atom. The molecule has 0 atom stereocenters. The summed E-state index contributed by atoms with van der Waals surface area (Å²) in [7, 11) is 1.64. The van der Waals surface area contributed by atoms with Crippen LogP contribution in [0, 0.1) is 11.3 Å². The van der Waals surface area contributed by atoms with E-state index in [1.807, 2.05) is 54.6 Å². The quantitative estimate of drug-likeness (QED) is 0.490. The number of amides is 1. The molecule has 0 saturated heterocycles. The summed E-state index contributed by atoms with van der Waals surface area (Å²) in [6, 6.07) is 24.3. The van der Waals surface area contributed by atoms with Crippen LogP contribution in [-0.4, -0.2) is 23.0 Å². The van der Waals surface area contributed by atoms with Gasteiger partial charge < -0.3 is 15.0 Å². The minimum Gasteiger partial charge on any atom is -0.497 e. The number of benzene rings is 3. The summed E-state index contributed by atoms with van der Waals surface area (Å²) < 4.78 is 5.29. The molecule has 0 saturated carbocycles. The van der Waals surface area contributed by atoms with E-state index in [4.69, 9.17) is 10.00 Å². The Morgan fingerprint density at radius 2 is 1.87 bits per heavy atom. The van der Waals surface area contributed by atoms with Crippen molar-refractivity contribution in [2.75, 3.05) is 7.11 Å². The number of rotatable bonds is 6. The molecule has 0 unspecified atom stereocenters. The molecule has 6 heteroatoms. The van der Waals surface area contributed by atoms with Crippen molar-refractivity contribution in [1.29, 1.82) is 5.26 Å². The number of imidazole rings is 1. The molecule has 0 bridgehead atoms. The molecule has 31 heavy (non-hydrogen) atoms. The van der Waals surface area contributed by atoms with E-state index < -0.39 is 0 Å². The third-order valence-corrected chi connectivity index (χ3v) is 4.86. The molecule has 1 heterocycles. The van der Waals surface area contributed by atoms with Crippen LogP contribution in [0.25, 0.3) is 22.6 Å². The Kier molecular flexibility index (Phi) is 5.77. The Bertz CT molecular complexity index is 1270. The van der Waals surface area contributed by atoms with Crippen LogP contribution in [0.5, 0.6) is 5.75 Å². The minimum atomic E-state index is -0.221. The number of carbonyl (C=O) groups is 1. The molecule has 4 rings (SSSR count). The topological polar surface area (TPSA) is 90.8 Å².